The number of anilines is 2. The molecule has 0 radical (unpaired) electrons. The second-order valence-electron chi connectivity index (χ2n) is 5.61. The maximum atomic E-state index is 12.1. The van der Waals surface area contributed by atoms with Gasteiger partial charge in [0, 0.05) is 10.6 Å². The van der Waals surface area contributed by atoms with Crippen molar-refractivity contribution < 1.29 is 14.3 Å². The van der Waals surface area contributed by atoms with Crippen LogP contribution in [0, 0.1) is 6.92 Å². The fourth-order valence-electron chi connectivity index (χ4n) is 2.27. The predicted octanol–water partition coefficient (Wildman–Crippen LogP) is 3.45. The Morgan fingerprint density at radius 2 is 2.00 bits per heavy atom. The highest BCUT2D eigenvalue weighted by atomic mass is 32.2. The maximum absolute atomic E-state index is 12.1. The first-order valence-electron chi connectivity index (χ1n) is 7.62. The summed E-state index contributed by atoms with van der Waals surface area (Å²) in [6.45, 7) is 3.72. The van der Waals surface area contributed by atoms with Crippen molar-refractivity contribution in [2.45, 2.75) is 24.8 Å². The fraction of sp³-hybridized carbons (Fsp3) is 0.222. The Hall–Kier alpha value is -2.47. The van der Waals surface area contributed by atoms with Gasteiger partial charge >= 0.3 is 0 Å². The number of carbonyl (C=O) groups is 2. The molecule has 0 bridgehead atoms. The number of rotatable bonds is 4. The van der Waals surface area contributed by atoms with Crippen LogP contribution >= 0.6 is 11.8 Å². The molecular weight excluding hydrogens is 324 g/mol. The average molecular weight is 342 g/mol. The van der Waals surface area contributed by atoms with Crippen molar-refractivity contribution in [3.05, 3.63) is 48.0 Å². The number of aryl methyl sites for hydroxylation is 1. The third-order valence-corrected chi connectivity index (χ3v) is 4.60. The third-order valence-electron chi connectivity index (χ3n) is 3.59. The first-order chi connectivity index (χ1) is 11.5. The molecule has 2 N–H and O–H groups in total. The van der Waals surface area contributed by atoms with E-state index in [1.165, 1.54) is 17.3 Å². The number of hydrogen-bond acceptors (Lipinski definition) is 4. The zero-order valence-electron chi connectivity index (χ0n) is 13.5. The first kappa shape index (κ1) is 16.4. The minimum absolute atomic E-state index is 0.100. The van der Waals surface area contributed by atoms with Gasteiger partial charge in [0.15, 0.2) is 6.10 Å². The van der Waals surface area contributed by atoms with Gasteiger partial charge in [-0.25, -0.2) is 0 Å². The fourth-order valence-corrected chi connectivity index (χ4v) is 2.97. The average Bonchev–Trinajstić information content (AvgIpc) is 2.56. The highest BCUT2D eigenvalue weighted by molar-refractivity contribution is 8.00. The van der Waals surface area contributed by atoms with Gasteiger partial charge in [-0.1, -0.05) is 17.7 Å². The van der Waals surface area contributed by atoms with Crippen LogP contribution in [0.1, 0.15) is 12.5 Å². The third kappa shape index (κ3) is 3.89. The molecule has 2 aromatic carbocycles. The number of hydrogen-bond donors (Lipinski definition) is 2. The van der Waals surface area contributed by atoms with Gasteiger partial charge in [0.1, 0.15) is 5.75 Å². The molecule has 2 aromatic rings. The summed E-state index contributed by atoms with van der Waals surface area (Å²) in [4.78, 5) is 24.8. The molecule has 1 atom stereocenters. The molecule has 6 heteroatoms. The van der Waals surface area contributed by atoms with Gasteiger partial charge in [-0.3, -0.25) is 9.59 Å². The maximum Gasteiger partial charge on any atom is 0.265 e. The van der Waals surface area contributed by atoms with E-state index in [1.54, 1.807) is 25.1 Å². The lowest BCUT2D eigenvalue weighted by atomic mass is 10.2. The molecule has 1 aliphatic rings. The van der Waals surface area contributed by atoms with Crippen LogP contribution in [0.25, 0.3) is 0 Å². The lowest BCUT2D eigenvalue weighted by Gasteiger charge is -2.23. The molecule has 0 saturated carbocycles. The van der Waals surface area contributed by atoms with Crippen LogP contribution in [0.3, 0.4) is 0 Å². The van der Waals surface area contributed by atoms with Gasteiger partial charge in [-0.05, 0) is 44.2 Å². The second kappa shape index (κ2) is 6.97. The number of carbonyl (C=O) groups excluding carboxylic acids is 2. The Kier molecular flexibility index (Phi) is 4.76. The van der Waals surface area contributed by atoms with E-state index in [1.807, 2.05) is 31.2 Å². The van der Waals surface area contributed by atoms with E-state index in [0.717, 1.165) is 4.90 Å². The molecule has 0 saturated heterocycles. The molecular formula is C18H18N2O3S. The molecule has 5 nitrogen and oxygen atoms in total. The van der Waals surface area contributed by atoms with Crippen LogP contribution in [-0.4, -0.2) is 23.7 Å². The monoisotopic (exact) mass is 342 g/mol. The molecule has 124 valence electrons. The van der Waals surface area contributed by atoms with E-state index in [0.29, 0.717) is 22.9 Å². The molecule has 1 heterocycles. The first-order valence-corrected chi connectivity index (χ1v) is 8.61. The summed E-state index contributed by atoms with van der Waals surface area (Å²) < 4.78 is 5.49. The number of nitrogens with one attached hydrogen (secondary N) is 2. The molecule has 3 rings (SSSR count). The van der Waals surface area contributed by atoms with E-state index in [4.69, 9.17) is 4.74 Å². The molecule has 0 aromatic heterocycles. The molecule has 0 spiro atoms. The van der Waals surface area contributed by atoms with Gasteiger partial charge in [-0.2, -0.15) is 0 Å². The van der Waals surface area contributed by atoms with Crippen LogP contribution in [0.15, 0.2) is 47.4 Å². The Morgan fingerprint density at radius 1 is 1.25 bits per heavy atom. The molecule has 0 aliphatic carbocycles. The van der Waals surface area contributed by atoms with Crippen LogP contribution in [0.5, 0.6) is 5.75 Å². The van der Waals surface area contributed by atoms with Crippen molar-refractivity contribution in [3.8, 4) is 5.75 Å². The summed E-state index contributed by atoms with van der Waals surface area (Å²) in [5.74, 6) is 0.632. The van der Waals surface area contributed by atoms with Gasteiger partial charge in [0.2, 0.25) is 5.91 Å². The van der Waals surface area contributed by atoms with E-state index in [2.05, 4.69) is 10.6 Å². The minimum Gasteiger partial charge on any atom is -0.479 e. The highest BCUT2D eigenvalue weighted by Gasteiger charge is 2.23. The number of thioether (sulfide) groups is 1. The van der Waals surface area contributed by atoms with Crippen LogP contribution in [0.2, 0.25) is 0 Å². The van der Waals surface area contributed by atoms with Crippen LogP contribution in [-0.2, 0) is 9.59 Å². The SMILES string of the molecule is Cc1ccc(SCC(=O)Nc2ccc3c(c2)NC(=O)[C@H](C)O3)cc1. The zero-order valence-corrected chi connectivity index (χ0v) is 14.3. The van der Waals surface area contributed by atoms with Crippen molar-refractivity contribution in [2.75, 3.05) is 16.4 Å². The van der Waals surface area contributed by atoms with E-state index in [-0.39, 0.29) is 11.8 Å². The van der Waals surface area contributed by atoms with Crippen LogP contribution in [0.4, 0.5) is 11.4 Å². The summed E-state index contributed by atoms with van der Waals surface area (Å²) in [6, 6.07) is 13.3. The topological polar surface area (TPSA) is 67.4 Å². The van der Waals surface area contributed by atoms with Crippen molar-refractivity contribution >= 4 is 35.0 Å². The summed E-state index contributed by atoms with van der Waals surface area (Å²) in [5.41, 5.74) is 2.39. The van der Waals surface area contributed by atoms with E-state index >= 15 is 0 Å². The zero-order chi connectivity index (χ0) is 17.1. The largest absolute Gasteiger partial charge is 0.479 e. The molecule has 1 aliphatic heterocycles. The van der Waals surface area contributed by atoms with Crippen molar-refractivity contribution in [1.29, 1.82) is 0 Å². The Bertz CT molecular complexity index is 774. The number of fused-ring (bicyclic) bond motifs is 1. The lowest BCUT2D eigenvalue weighted by Crippen LogP contribution is -2.34. The van der Waals surface area contributed by atoms with Crippen molar-refractivity contribution in [1.82, 2.24) is 0 Å². The Balaban J connectivity index is 1.59. The van der Waals surface area contributed by atoms with Gasteiger partial charge in [-0.15, -0.1) is 11.8 Å². The van der Waals surface area contributed by atoms with Crippen molar-refractivity contribution in [3.63, 3.8) is 0 Å². The number of ether oxygens (including phenoxy) is 1. The smallest absolute Gasteiger partial charge is 0.265 e. The van der Waals surface area contributed by atoms with Gasteiger partial charge in [0.25, 0.3) is 5.91 Å². The van der Waals surface area contributed by atoms with E-state index in [9.17, 15) is 9.59 Å². The summed E-state index contributed by atoms with van der Waals surface area (Å²) in [6.07, 6.45) is -0.510. The highest BCUT2D eigenvalue weighted by Crippen LogP contribution is 2.32. The Labute approximate surface area is 144 Å². The van der Waals surface area contributed by atoms with Crippen molar-refractivity contribution in [2.24, 2.45) is 0 Å². The quantitative estimate of drug-likeness (QED) is 0.835. The van der Waals surface area contributed by atoms with Crippen LogP contribution < -0.4 is 15.4 Å². The molecule has 24 heavy (non-hydrogen) atoms. The summed E-state index contributed by atoms with van der Waals surface area (Å²) in [7, 11) is 0. The summed E-state index contributed by atoms with van der Waals surface area (Å²) in [5, 5.41) is 5.60. The van der Waals surface area contributed by atoms with Gasteiger partial charge < -0.3 is 15.4 Å². The lowest BCUT2D eigenvalue weighted by molar-refractivity contribution is -0.122. The standard InChI is InChI=1S/C18H18N2O3S/c1-11-3-6-14(7-4-11)24-10-17(21)19-13-5-8-16-15(9-13)20-18(22)12(2)23-16/h3-9,12H,10H2,1-2H3,(H,19,21)(H,20,22)/t12-/m0/s1. The summed E-state index contributed by atoms with van der Waals surface area (Å²) >= 11 is 1.48. The second-order valence-corrected chi connectivity index (χ2v) is 6.66. The van der Waals surface area contributed by atoms with Gasteiger partial charge in [0.05, 0.1) is 11.4 Å². The number of amides is 2. The molecule has 2 amide bonds. The minimum atomic E-state index is -0.510. The number of benzene rings is 2. The predicted molar refractivity (Wildman–Crippen MR) is 95.7 cm³/mol. The van der Waals surface area contributed by atoms with E-state index < -0.39 is 6.10 Å². The molecule has 0 unspecified atom stereocenters. The Morgan fingerprint density at radius 3 is 2.75 bits per heavy atom. The molecule has 0 fully saturated rings. The normalized spacial score (nSPS) is 15.9.